The van der Waals surface area contributed by atoms with E-state index in [2.05, 4.69) is 9.97 Å². The highest BCUT2D eigenvalue weighted by Crippen LogP contribution is 2.18. The molecule has 0 aromatic carbocycles. The molecule has 0 saturated carbocycles. The molecule has 3 rings (SSSR count). The maximum atomic E-state index is 12.4. The molecule has 0 bridgehead atoms. The number of ether oxygens (including phenoxy) is 1. The van der Waals surface area contributed by atoms with Crippen LogP contribution in [0.5, 0.6) is 5.88 Å². The third-order valence-corrected chi connectivity index (χ3v) is 3.65. The van der Waals surface area contributed by atoms with Crippen LogP contribution in [0.15, 0.2) is 39.9 Å². The van der Waals surface area contributed by atoms with E-state index in [9.17, 15) is 9.59 Å². The molecule has 1 fully saturated rings. The lowest BCUT2D eigenvalue weighted by atomic mass is 10.1. The van der Waals surface area contributed by atoms with E-state index in [4.69, 9.17) is 9.15 Å². The highest BCUT2D eigenvalue weighted by atomic mass is 16.5. The van der Waals surface area contributed by atoms with Crippen molar-refractivity contribution in [3.05, 3.63) is 52.5 Å². The zero-order valence-electron chi connectivity index (χ0n) is 12.8. The minimum Gasteiger partial charge on any atom is -0.472 e. The third-order valence-electron chi connectivity index (χ3n) is 3.65. The van der Waals surface area contributed by atoms with E-state index in [1.807, 2.05) is 0 Å². The lowest BCUT2D eigenvalue weighted by Crippen LogP contribution is -2.44. The molecule has 2 aromatic heterocycles. The van der Waals surface area contributed by atoms with Gasteiger partial charge in [0.2, 0.25) is 5.88 Å². The highest BCUT2D eigenvalue weighted by Gasteiger charge is 2.26. The second-order valence-electron chi connectivity index (χ2n) is 5.42. The molecule has 1 unspecified atom stereocenters. The quantitative estimate of drug-likeness (QED) is 0.851. The predicted molar refractivity (Wildman–Crippen MR) is 81.3 cm³/mol. The zero-order valence-corrected chi connectivity index (χ0v) is 12.8. The van der Waals surface area contributed by atoms with Gasteiger partial charge < -0.3 is 14.1 Å². The number of hydrogen-bond donors (Lipinski definition) is 0. The van der Waals surface area contributed by atoms with Crippen LogP contribution in [-0.4, -0.2) is 40.0 Å². The minimum absolute atomic E-state index is 0.113. The normalized spacial score (nSPS) is 17.8. The van der Waals surface area contributed by atoms with Crippen LogP contribution in [0, 0.1) is 6.92 Å². The molecule has 0 aliphatic carbocycles. The Morgan fingerprint density at radius 3 is 3.00 bits per heavy atom. The molecule has 23 heavy (non-hydrogen) atoms. The molecule has 1 saturated heterocycles. The second-order valence-corrected chi connectivity index (χ2v) is 5.42. The van der Waals surface area contributed by atoms with Crippen molar-refractivity contribution in [2.45, 2.75) is 25.9 Å². The topological polar surface area (TPSA) is 85.5 Å². The van der Waals surface area contributed by atoms with Gasteiger partial charge in [-0.2, -0.15) is 4.98 Å². The third kappa shape index (κ3) is 3.74. The second kappa shape index (κ2) is 6.60. The number of carbonyl (C=O) groups is 1. The van der Waals surface area contributed by atoms with Crippen LogP contribution in [0.4, 0.5) is 0 Å². The molecule has 2 aromatic rings. The summed E-state index contributed by atoms with van der Waals surface area (Å²) >= 11 is 0. The Morgan fingerprint density at radius 1 is 1.39 bits per heavy atom. The first-order valence-corrected chi connectivity index (χ1v) is 7.46. The van der Waals surface area contributed by atoms with Crippen LogP contribution in [-0.2, 0) is 0 Å². The molecule has 1 aliphatic rings. The molecule has 1 aliphatic heterocycles. The number of piperidine rings is 1. The van der Waals surface area contributed by atoms with Gasteiger partial charge in [0, 0.05) is 24.9 Å². The number of amides is 1. The fourth-order valence-corrected chi connectivity index (χ4v) is 2.55. The Hall–Kier alpha value is -2.70. The number of carbonyl (C=O) groups excluding carboxylic acids is 1. The number of nitrogens with zero attached hydrogens (tertiary/aromatic N) is 3. The largest absolute Gasteiger partial charge is 0.472 e. The molecule has 1 atom stereocenters. The van der Waals surface area contributed by atoms with Gasteiger partial charge in [-0.25, -0.2) is 9.78 Å². The Bertz CT molecular complexity index is 738. The zero-order chi connectivity index (χ0) is 16.2. The van der Waals surface area contributed by atoms with Crippen LogP contribution in [0.2, 0.25) is 0 Å². The van der Waals surface area contributed by atoms with E-state index >= 15 is 0 Å². The van der Waals surface area contributed by atoms with E-state index in [1.54, 1.807) is 24.1 Å². The van der Waals surface area contributed by atoms with Crippen molar-refractivity contribution in [1.82, 2.24) is 14.9 Å². The van der Waals surface area contributed by atoms with Crippen molar-refractivity contribution in [3.8, 4) is 5.88 Å². The van der Waals surface area contributed by atoms with Gasteiger partial charge >= 0.3 is 5.63 Å². The van der Waals surface area contributed by atoms with Crippen LogP contribution in [0.3, 0.4) is 0 Å². The van der Waals surface area contributed by atoms with Crippen molar-refractivity contribution >= 4 is 5.91 Å². The molecule has 0 radical (unpaired) electrons. The van der Waals surface area contributed by atoms with E-state index in [0.717, 1.165) is 12.8 Å². The Kier molecular flexibility index (Phi) is 4.36. The number of aryl methyl sites for hydroxylation is 1. The smallest absolute Gasteiger partial charge is 0.335 e. The van der Waals surface area contributed by atoms with Gasteiger partial charge in [0.25, 0.3) is 5.91 Å². The van der Waals surface area contributed by atoms with Gasteiger partial charge in [0.15, 0.2) is 0 Å². The van der Waals surface area contributed by atoms with Crippen LogP contribution in [0.25, 0.3) is 0 Å². The molecule has 3 heterocycles. The van der Waals surface area contributed by atoms with Crippen molar-refractivity contribution < 1.29 is 13.9 Å². The maximum absolute atomic E-state index is 12.4. The van der Waals surface area contributed by atoms with E-state index in [-0.39, 0.29) is 12.0 Å². The summed E-state index contributed by atoms with van der Waals surface area (Å²) in [5.74, 6) is 0.994. The Balaban J connectivity index is 1.67. The van der Waals surface area contributed by atoms with Crippen LogP contribution >= 0.6 is 0 Å². The average Bonchev–Trinajstić information content (AvgIpc) is 2.55. The summed E-state index contributed by atoms with van der Waals surface area (Å²) in [6.45, 7) is 2.92. The number of hydrogen-bond acceptors (Lipinski definition) is 6. The summed E-state index contributed by atoms with van der Waals surface area (Å²) < 4.78 is 10.6. The first kappa shape index (κ1) is 15.2. The van der Waals surface area contributed by atoms with E-state index in [0.29, 0.717) is 30.4 Å². The van der Waals surface area contributed by atoms with Gasteiger partial charge in [-0.1, -0.05) is 0 Å². The summed E-state index contributed by atoms with van der Waals surface area (Å²) in [5, 5.41) is 0. The van der Waals surface area contributed by atoms with Crippen molar-refractivity contribution in [1.29, 1.82) is 0 Å². The van der Waals surface area contributed by atoms with E-state index in [1.165, 1.54) is 18.4 Å². The first-order valence-electron chi connectivity index (χ1n) is 7.46. The SMILES string of the molecule is Cc1nccc(OC2CCCN(C(=O)c3ccc(=O)oc3)C2)n1. The molecular weight excluding hydrogens is 298 g/mol. The maximum Gasteiger partial charge on any atom is 0.335 e. The highest BCUT2D eigenvalue weighted by molar-refractivity contribution is 5.93. The van der Waals surface area contributed by atoms with Crippen LogP contribution in [0.1, 0.15) is 29.0 Å². The van der Waals surface area contributed by atoms with Crippen molar-refractivity contribution in [3.63, 3.8) is 0 Å². The van der Waals surface area contributed by atoms with E-state index < -0.39 is 5.63 Å². The molecule has 1 amide bonds. The van der Waals surface area contributed by atoms with Crippen LogP contribution < -0.4 is 10.4 Å². The molecule has 7 nitrogen and oxygen atoms in total. The molecule has 7 heteroatoms. The van der Waals surface area contributed by atoms with Crippen molar-refractivity contribution in [2.75, 3.05) is 13.1 Å². The number of likely N-dealkylation sites (tertiary alicyclic amines) is 1. The lowest BCUT2D eigenvalue weighted by molar-refractivity contribution is 0.0524. The number of aromatic nitrogens is 2. The summed E-state index contributed by atoms with van der Waals surface area (Å²) in [7, 11) is 0. The van der Waals surface area contributed by atoms with Gasteiger partial charge in [-0.05, 0) is 25.8 Å². The summed E-state index contributed by atoms with van der Waals surface area (Å²) in [6.07, 6.45) is 4.43. The van der Waals surface area contributed by atoms with Gasteiger partial charge in [0.05, 0.1) is 12.1 Å². The standard InChI is InChI=1S/C16H17N3O4/c1-11-17-7-6-14(18-11)23-13-3-2-8-19(9-13)16(21)12-4-5-15(20)22-10-12/h4-7,10,13H,2-3,8-9H2,1H3. The fourth-order valence-electron chi connectivity index (χ4n) is 2.55. The summed E-state index contributed by atoms with van der Waals surface area (Å²) in [5.41, 5.74) is -0.108. The Labute approximate surface area is 132 Å². The molecular formula is C16H17N3O4. The first-order chi connectivity index (χ1) is 11.1. The van der Waals surface area contributed by atoms with Gasteiger partial charge in [-0.15, -0.1) is 0 Å². The fraction of sp³-hybridized carbons (Fsp3) is 0.375. The molecule has 0 spiro atoms. The lowest BCUT2D eigenvalue weighted by Gasteiger charge is -2.32. The molecule has 120 valence electrons. The Morgan fingerprint density at radius 2 is 2.26 bits per heavy atom. The van der Waals surface area contributed by atoms with Gasteiger partial charge in [-0.3, -0.25) is 4.79 Å². The summed E-state index contributed by atoms with van der Waals surface area (Å²) in [6, 6.07) is 4.43. The summed E-state index contributed by atoms with van der Waals surface area (Å²) in [4.78, 5) is 33.4. The molecule has 0 N–H and O–H groups in total. The minimum atomic E-state index is -0.472. The predicted octanol–water partition coefficient (Wildman–Crippen LogP) is 1.42. The monoisotopic (exact) mass is 315 g/mol. The van der Waals surface area contributed by atoms with Crippen molar-refractivity contribution in [2.24, 2.45) is 0 Å². The van der Waals surface area contributed by atoms with Gasteiger partial charge in [0.1, 0.15) is 18.2 Å². The number of rotatable bonds is 3. The average molecular weight is 315 g/mol.